The van der Waals surface area contributed by atoms with Gasteiger partial charge in [-0.1, -0.05) is 0 Å². The van der Waals surface area contributed by atoms with E-state index < -0.39 is 5.97 Å². The van der Waals surface area contributed by atoms with Crippen LogP contribution in [0.2, 0.25) is 0 Å². The topological polar surface area (TPSA) is 116 Å². The van der Waals surface area contributed by atoms with Gasteiger partial charge in [-0.05, 0) is 42.5 Å². The largest absolute Gasteiger partial charge is 0.497 e. The highest BCUT2D eigenvalue weighted by Gasteiger charge is 2.18. The third kappa shape index (κ3) is 5.69. The monoisotopic (exact) mass is 463 g/mol. The van der Waals surface area contributed by atoms with Gasteiger partial charge in [0.1, 0.15) is 17.0 Å². The number of nitrogens with one attached hydrogen (secondary N) is 2. The van der Waals surface area contributed by atoms with Crippen LogP contribution in [0.5, 0.6) is 17.2 Å². The minimum atomic E-state index is -0.578. The number of methoxy groups -OCH3 is 2. The molecule has 9 nitrogen and oxygen atoms in total. The lowest BCUT2D eigenvalue weighted by atomic mass is 10.1. The highest BCUT2D eigenvalue weighted by atomic mass is 16.5. The SMILES string of the molecule is COc1ccc(/C=C/c2ccc3c(NC(C)=O)cc(NC(C)=O)c(OC(C)=O)c3n2)c(OC)c1. The minimum Gasteiger partial charge on any atom is -0.497 e. The van der Waals surface area contributed by atoms with Gasteiger partial charge in [0, 0.05) is 37.8 Å². The van der Waals surface area contributed by atoms with Gasteiger partial charge in [-0.25, -0.2) is 4.98 Å². The molecule has 0 saturated carbocycles. The van der Waals surface area contributed by atoms with E-state index in [1.165, 1.54) is 26.8 Å². The number of carbonyl (C=O) groups is 3. The highest BCUT2D eigenvalue weighted by molar-refractivity contribution is 6.08. The average Bonchev–Trinajstić information content (AvgIpc) is 2.78. The number of hydrogen-bond donors (Lipinski definition) is 2. The summed E-state index contributed by atoms with van der Waals surface area (Å²) in [6, 6.07) is 10.5. The summed E-state index contributed by atoms with van der Waals surface area (Å²) in [6.45, 7) is 3.95. The number of benzene rings is 2. The van der Waals surface area contributed by atoms with Crippen LogP contribution in [-0.4, -0.2) is 37.0 Å². The van der Waals surface area contributed by atoms with Crippen LogP contribution in [0, 0.1) is 0 Å². The third-order valence-corrected chi connectivity index (χ3v) is 4.70. The Bertz CT molecular complexity index is 1300. The van der Waals surface area contributed by atoms with Gasteiger partial charge in [0.25, 0.3) is 0 Å². The molecule has 0 spiro atoms. The molecule has 0 saturated heterocycles. The first kappa shape index (κ1) is 24.2. The number of rotatable bonds is 7. The number of aromatic nitrogens is 1. The molecule has 0 unspecified atom stereocenters. The summed E-state index contributed by atoms with van der Waals surface area (Å²) in [5.41, 5.74) is 2.28. The second-order valence-corrected chi connectivity index (χ2v) is 7.33. The summed E-state index contributed by atoms with van der Waals surface area (Å²) in [5.74, 6) is 0.128. The Labute approximate surface area is 196 Å². The molecule has 0 aliphatic heterocycles. The van der Waals surface area contributed by atoms with E-state index in [-0.39, 0.29) is 23.3 Å². The fraction of sp³-hybridized carbons (Fsp3) is 0.200. The van der Waals surface area contributed by atoms with Crippen LogP contribution in [0.4, 0.5) is 11.4 Å². The van der Waals surface area contributed by atoms with Crippen molar-refractivity contribution in [1.82, 2.24) is 4.98 Å². The average molecular weight is 463 g/mol. The van der Waals surface area contributed by atoms with E-state index in [2.05, 4.69) is 15.6 Å². The van der Waals surface area contributed by atoms with Gasteiger partial charge in [0.15, 0.2) is 5.75 Å². The minimum absolute atomic E-state index is 0.0871. The van der Waals surface area contributed by atoms with Crippen LogP contribution in [-0.2, 0) is 14.4 Å². The maximum atomic E-state index is 11.8. The van der Waals surface area contributed by atoms with Crippen molar-refractivity contribution in [2.45, 2.75) is 20.8 Å². The Hall–Kier alpha value is -4.40. The zero-order chi connectivity index (χ0) is 24.8. The molecule has 0 aliphatic rings. The Morgan fingerprint density at radius 3 is 2.18 bits per heavy atom. The first-order chi connectivity index (χ1) is 16.2. The Kier molecular flexibility index (Phi) is 7.47. The quantitative estimate of drug-likeness (QED) is 0.397. The molecule has 34 heavy (non-hydrogen) atoms. The molecule has 176 valence electrons. The van der Waals surface area contributed by atoms with E-state index >= 15 is 0 Å². The van der Waals surface area contributed by atoms with Crippen molar-refractivity contribution in [2.24, 2.45) is 0 Å². The smallest absolute Gasteiger partial charge is 0.308 e. The molecule has 3 rings (SSSR count). The molecule has 3 aromatic rings. The van der Waals surface area contributed by atoms with Gasteiger partial charge in [-0.15, -0.1) is 0 Å². The van der Waals surface area contributed by atoms with Gasteiger partial charge in [-0.3, -0.25) is 14.4 Å². The molecule has 0 fully saturated rings. The molecule has 0 bridgehead atoms. The first-order valence-electron chi connectivity index (χ1n) is 10.3. The van der Waals surface area contributed by atoms with Crippen molar-refractivity contribution in [3.63, 3.8) is 0 Å². The lowest BCUT2D eigenvalue weighted by molar-refractivity contribution is -0.131. The summed E-state index contributed by atoms with van der Waals surface area (Å²) in [7, 11) is 3.15. The molecule has 0 aliphatic carbocycles. The fourth-order valence-corrected chi connectivity index (χ4v) is 3.33. The van der Waals surface area contributed by atoms with Crippen molar-refractivity contribution in [1.29, 1.82) is 0 Å². The van der Waals surface area contributed by atoms with Gasteiger partial charge in [0.2, 0.25) is 11.8 Å². The van der Waals surface area contributed by atoms with Crippen molar-refractivity contribution in [3.8, 4) is 17.2 Å². The molecule has 0 radical (unpaired) electrons. The summed E-state index contributed by atoms with van der Waals surface area (Å²) in [5, 5.41) is 5.90. The van der Waals surface area contributed by atoms with Crippen molar-refractivity contribution in [2.75, 3.05) is 24.9 Å². The maximum Gasteiger partial charge on any atom is 0.308 e. The lowest BCUT2D eigenvalue weighted by Crippen LogP contribution is -2.13. The van der Waals surface area contributed by atoms with E-state index in [1.807, 2.05) is 18.2 Å². The maximum absolute atomic E-state index is 11.8. The van der Waals surface area contributed by atoms with E-state index in [9.17, 15) is 14.4 Å². The second kappa shape index (κ2) is 10.5. The van der Waals surface area contributed by atoms with Crippen molar-refractivity contribution in [3.05, 3.63) is 47.7 Å². The molecule has 2 aromatic carbocycles. The molecule has 0 atom stereocenters. The Balaban J connectivity index is 2.16. The number of esters is 1. The third-order valence-electron chi connectivity index (χ3n) is 4.70. The van der Waals surface area contributed by atoms with Gasteiger partial charge in [0.05, 0.1) is 31.3 Å². The van der Waals surface area contributed by atoms with Crippen molar-refractivity contribution >= 4 is 52.2 Å². The summed E-state index contributed by atoms with van der Waals surface area (Å²) in [6.07, 6.45) is 3.59. The molecule has 1 aromatic heterocycles. The standard InChI is InChI=1S/C25H25N3O6/c1-14(29)26-21-13-22(27-15(2)30)25(34-16(3)31)24-20(21)11-9-18(28-24)8-6-17-7-10-19(32-4)12-23(17)33-5/h6-13H,1-5H3,(H,26,29)(H,27,30)/b8-6+. The molecule has 9 heteroatoms. The van der Waals surface area contributed by atoms with E-state index in [4.69, 9.17) is 14.2 Å². The number of pyridine rings is 1. The molecule has 2 amide bonds. The number of amides is 2. The van der Waals surface area contributed by atoms with Crippen LogP contribution in [0.1, 0.15) is 32.0 Å². The van der Waals surface area contributed by atoms with Crippen molar-refractivity contribution < 1.29 is 28.6 Å². The number of ether oxygens (including phenoxy) is 3. The number of hydrogen-bond acceptors (Lipinski definition) is 7. The van der Waals surface area contributed by atoms with Crippen LogP contribution in [0.3, 0.4) is 0 Å². The number of nitrogens with zero attached hydrogens (tertiary/aromatic N) is 1. The van der Waals surface area contributed by atoms with Crippen LogP contribution in [0.15, 0.2) is 36.4 Å². The zero-order valence-corrected chi connectivity index (χ0v) is 19.5. The number of fused-ring (bicyclic) bond motifs is 1. The van der Waals surface area contributed by atoms with Crippen LogP contribution >= 0.6 is 0 Å². The summed E-state index contributed by atoms with van der Waals surface area (Å²) < 4.78 is 16.1. The van der Waals surface area contributed by atoms with Gasteiger partial charge >= 0.3 is 5.97 Å². The van der Waals surface area contributed by atoms with Gasteiger partial charge < -0.3 is 24.8 Å². The number of carbonyl (C=O) groups excluding carboxylic acids is 3. The predicted molar refractivity (Wildman–Crippen MR) is 130 cm³/mol. The first-order valence-corrected chi connectivity index (χ1v) is 10.3. The lowest BCUT2D eigenvalue weighted by Gasteiger charge is -2.16. The second-order valence-electron chi connectivity index (χ2n) is 7.33. The summed E-state index contributed by atoms with van der Waals surface area (Å²) >= 11 is 0. The fourth-order valence-electron chi connectivity index (χ4n) is 3.33. The van der Waals surface area contributed by atoms with Crippen LogP contribution < -0.4 is 24.8 Å². The molecular weight excluding hydrogens is 438 g/mol. The normalized spacial score (nSPS) is 10.7. The molecule has 1 heterocycles. The van der Waals surface area contributed by atoms with E-state index in [0.717, 1.165) is 5.56 Å². The van der Waals surface area contributed by atoms with Crippen LogP contribution in [0.25, 0.3) is 23.1 Å². The summed E-state index contributed by atoms with van der Waals surface area (Å²) in [4.78, 5) is 40.0. The predicted octanol–water partition coefficient (Wildman–Crippen LogP) is 4.26. The Morgan fingerprint density at radius 2 is 1.56 bits per heavy atom. The van der Waals surface area contributed by atoms with E-state index in [1.54, 1.807) is 38.5 Å². The zero-order valence-electron chi connectivity index (χ0n) is 19.5. The highest BCUT2D eigenvalue weighted by Crippen LogP contribution is 2.38. The molecular formula is C25H25N3O6. The Morgan fingerprint density at radius 1 is 0.853 bits per heavy atom. The van der Waals surface area contributed by atoms with Gasteiger partial charge in [-0.2, -0.15) is 0 Å². The number of anilines is 2. The van der Waals surface area contributed by atoms with E-state index in [0.29, 0.717) is 33.8 Å². The molecule has 2 N–H and O–H groups in total.